The fraction of sp³-hybridized carbons (Fsp3) is 0.200. The van der Waals surface area contributed by atoms with Crippen molar-refractivity contribution in [2.45, 2.75) is 38.8 Å². The number of amides is 3. The van der Waals surface area contributed by atoms with E-state index in [4.69, 9.17) is 4.52 Å². The number of sulfonamides is 1. The van der Waals surface area contributed by atoms with Crippen LogP contribution in [0.5, 0.6) is 0 Å². The number of likely N-dealkylation sites (N-methyl/N-ethyl adjacent to an activating group) is 1. The number of hydrogen-bond donors (Lipinski definition) is 3. The molecule has 0 saturated heterocycles. The molecule has 3 N–H and O–H groups in total. The lowest BCUT2D eigenvalue weighted by Crippen LogP contribution is -2.55. The van der Waals surface area contributed by atoms with Crippen LogP contribution in [0.4, 0.5) is 0 Å². The van der Waals surface area contributed by atoms with Gasteiger partial charge in [0.15, 0.2) is 5.76 Å². The van der Waals surface area contributed by atoms with Crippen molar-refractivity contribution >= 4 is 38.6 Å². The van der Waals surface area contributed by atoms with Gasteiger partial charge in [-0.2, -0.15) is 0 Å². The summed E-state index contributed by atoms with van der Waals surface area (Å²) in [7, 11) is -2.63. The van der Waals surface area contributed by atoms with Crippen molar-refractivity contribution in [3.8, 4) is 11.3 Å². The molecule has 0 radical (unpaired) electrons. The van der Waals surface area contributed by atoms with E-state index in [0.717, 1.165) is 33.2 Å². The number of H-pyrrole nitrogens is 1. The van der Waals surface area contributed by atoms with Crippen LogP contribution in [0.1, 0.15) is 32.6 Å². The maximum atomic E-state index is 14.2. The smallest absolute Gasteiger partial charge is 0.256 e. The summed E-state index contributed by atoms with van der Waals surface area (Å²) < 4.78 is 31.8. The topological polar surface area (TPSA) is 154 Å². The van der Waals surface area contributed by atoms with E-state index >= 15 is 0 Å². The molecule has 0 spiro atoms. The second-order valence-electron chi connectivity index (χ2n) is 11.4. The Morgan fingerprint density at radius 1 is 0.979 bits per heavy atom. The number of nitrogens with one attached hydrogen (secondary N) is 3. The van der Waals surface area contributed by atoms with Crippen molar-refractivity contribution in [2.75, 3.05) is 7.05 Å². The molecule has 5 aromatic rings. The van der Waals surface area contributed by atoms with E-state index < -0.39 is 33.9 Å². The first-order valence-electron chi connectivity index (χ1n) is 14.8. The van der Waals surface area contributed by atoms with Crippen LogP contribution in [0.3, 0.4) is 0 Å². The molecular formula is C35H35N5O6S. The van der Waals surface area contributed by atoms with Crippen LogP contribution >= 0.6 is 0 Å². The molecule has 242 valence electrons. The van der Waals surface area contributed by atoms with Crippen LogP contribution in [0.15, 0.2) is 102 Å². The molecule has 0 aliphatic carbocycles. The Labute approximate surface area is 272 Å². The minimum absolute atomic E-state index is 0.0262. The number of aromatic amines is 1. The van der Waals surface area contributed by atoms with Crippen molar-refractivity contribution in [2.24, 2.45) is 0 Å². The molecule has 3 aromatic carbocycles. The standard InChI is InChI=1S/C35H35N5O6S/c1-5-47(44,45)39-33(41)30(20-27-21-36-29-9-7-6-8-28(27)29)38-34(42)31(40(4)35(43)26-17-22(2)16-23(3)18-26)19-24-10-12-25(13-11-24)32-14-15-37-46-32/h5-18,21,30-31,36H,1,19-20H2,2-4H3,(H,38,42)(H,39,41)/t30-,31-/m0/s1. The van der Waals surface area contributed by atoms with Crippen LogP contribution in [0.2, 0.25) is 0 Å². The first-order valence-corrected chi connectivity index (χ1v) is 16.4. The monoisotopic (exact) mass is 653 g/mol. The molecule has 11 nitrogen and oxygen atoms in total. The maximum Gasteiger partial charge on any atom is 0.256 e. The first kappa shape index (κ1) is 32.9. The normalized spacial score (nSPS) is 12.7. The van der Waals surface area contributed by atoms with Gasteiger partial charge in [-0.3, -0.25) is 14.4 Å². The molecule has 0 aliphatic rings. The molecule has 3 amide bonds. The SMILES string of the molecule is C=CS(=O)(=O)NC(=O)[C@H](Cc1c[nH]c2ccccc12)NC(=O)[C@H](Cc1ccc(-c2ccno2)cc1)N(C)C(=O)c1cc(C)cc(C)c1. The highest BCUT2D eigenvalue weighted by molar-refractivity contribution is 7.92. The highest BCUT2D eigenvalue weighted by Gasteiger charge is 2.33. The number of carbonyl (C=O) groups is 3. The van der Waals surface area contributed by atoms with Crippen molar-refractivity contribution in [3.63, 3.8) is 0 Å². The average Bonchev–Trinajstić information content (AvgIpc) is 3.73. The van der Waals surface area contributed by atoms with E-state index in [2.05, 4.69) is 22.0 Å². The summed E-state index contributed by atoms with van der Waals surface area (Å²) >= 11 is 0. The Balaban J connectivity index is 1.48. The molecule has 47 heavy (non-hydrogen) atoms. The number of aryl methyl sites for hydroxylation is 2. The lowest BCUT2D eigenvalue weighted by atomic mass is 9.99. The quantitative estimate of drug-likeness (QED) is 0.180. The Bertz CT molecular complexity index is 2010. The van der Waals surface area contributed by atoms with Crippen LogP contribution in [0, 0.1) is 13.8 Å². The number of aromatic nitrogens is 2. The Morgan fingerprint density at radius 2 is 1.68 bits per heavy atom. The zero-order chi connectivity index (χ0) is 33.7. The lowest BCUT2D eigenvalue weighted by molar-refractivity contribution is -0.130. The minimum atomic E-state index is -4.16. The average molecular weight is 654 g/mol. The second kappa shape index (κ2) is 13.9. The molecule has 5 rings (SSSR count). The summed E-state index contributed by atoms with van der Waals surface area (Å²) in [6, 6.07) is 19.5. The number of hydrogen-bond acceptors (Lipinski definition) is 7. The highest BCUT2D eigenvalue weighted by atomic mass is 32.2. The van der Waals surface area contributed by atoms with Crippen molar-refractivity contribution in [1.82, 2.24) is 25.1 Å². The summed E-state index contributed by atoms with van der Waals surface area (Å²) in [5, 5.41) is 7.93. The van der Waals surface area contributed by atoms with Gasteiger partial charge in [0.1, 0.15) is 12.1 Å². The molecule has 0 saturated carbocycles. The summed E-state index contributed by atoms with van der Waals surface area (Å²) in [4.78, 5) is 45.8. The van der Waals surface area contributed by atoms with E-state index in [1.807, 2.05) is 73.2 Å². The third kappa shape index (κ3) is 7.85. The number of rotatable bonds is 12. The number of para-hydroxylation sites is 1. The van der Waals surface area contributed by atoms with Crippen LogP contribution < -0.4 is 10.0 Å². The predicted octanol–water partition coefficient (Wildman–Crippen LogP) is 4.44. The first-order chi connectivity index (χ1) is 22.4. The maximum absolute atomic E-state index is 14.2. The van der Waals surface area contributed by atoms with E-state index in [9.17, 15) is 22.8 Å². The van der Waals surface area contributed by atoms with E-state index in [-0.39, 0.29) is 18.7 Å². The van der Waals surface area contributed by atoms with Gasteiger partial charge in [-0.1, -0.05) is 71.4 Å². The van der Waals surface area contributed by atoms with Crippen LogP contribution in [-0.2, 0) is 32.5 Å². The van der Waals surface area contributed by atoms with Crippen molar-refractivity contribution < 1.29 is 27.3 Å². The van der Waals surface area contributed by atoms with Gasteiger partial charge in [0.2, 0.25) is 5.91 Å². The van der Waals surface area contributed by atoms with E-state index in [0.29, 0.717) is 22.3 Å². The predicted molar refractivity (Wildman–Crippen MR) is 179 cm³/mol. The van der Waals surface area contributed by atoms with Gasteiger partial charge in [-0.05, 0) is 43.2 Å². The summed E-state index contributed by atoms with van der Waals surface area (Å²) in [5.41, 5.74) is 5.22. The molecule has 2 aromatic heterocycles. The number of benzene rings is 3. The molecular weight excluding hydrogens is 618 g/mol. The molecule has 2 atom stereocenters. The minimum Gasteiger partial charge on any atom is -0.361 e. The van der Waals surface area contributed by atoms with Gasteiger partial charge in [-0.25, -0.2) is 13.1 Å². The number of nitrogens with zero attached hydrogens (tertiary/aromatic N) is 2. The summed E-state index contributed by atoms with van der Waals surface area (Å²) in [6.45, 7) is 7.02. The van der Waals surface area contributed by atoms with Crippen LogP contribution in [0.25, 0.3) is 22.2 Å². The van der Waals surface area contributed by atoms with Crippen molar-refractivity contribution in [3.05, 3.63) is 125 Å². The second-order valence-corrected chi connectivity index (χ2v) is 13.0. The summed E-state index contributed by atoms with van der Waals surface area (Å²) in [6.07, 6.45) is 3.33. The Hall–Kier alpha value is -5.49. The molecule has 0 bridgehead atoms. The number of fused-ring (bicyclic) bond motifs is 1. The van der Waals surface area contributed by atoms with Gasteiger partial charge in [0, 0.05) is 59.6 Å². The third-order valence-corrected chi connectivity index (χ3v) is 8.78. The van der Waals surface area contributed by atoms with Gasteiger partial charge in [0.25, 0.3) is 21.8 Å². The Morgan fingerprint density at radius 3 is 2.34 bits per heavy atom. The fourth-order valence-electron chi connectivity index (χ4n) is 5.49. The van der Waals surface area contributed by atoms with E-state index in [1.165, 1.54) is 11.9 Å². The van der Waals surface area contributed by atoms with Gasteiger partial charge in [0.05, 0.1) is 6.20 Å². The molecule has 0 fully saturated rings. The fourth-order valence-corrected chi connectivity index (χ4v) is 6.00. The number of carbonyl (C=O) groups excluding carboxylic acids is 3. The zero-order valence-corrected chi connectivity index (χ0v) is 27.0. The molecule has 0 unspecified atom stereocenters. The molecule has 0 aliphatic heterocycles. The van der Waals surface area contributed by atoms with Gasteiger partial charge in [-0.15, -0.1) is 0 Å². The van der Waals surface area contributed by atoms with Crippen molar-refractivity contribution in [1.29, 1.82) is 0 Å². The Kier molecular flexibility index (Phi) is 9.71. The van der Waals surface area contributed by atoms with E-state index in [1.54, 1.807) is 30.6 Å². The molecule has 2 heterocycles. The lowest BCUT2D eigenvalue weighted by Gasteiger charge is -2.29. The van der Waals surface area contributed by atoms with Gasteiger partial charge >= 0.3 is 0 Å². The molecule has 12 heteroatoms. The largest absolute Gasteiger partial charge is 0.361 e. The third-order valence-electron chi connectivity index (χ3n) is 7.86. The highest BCUT2D eigenvalue weighted by Crippen LogP contribution is 2.22. The van der Waals surface area contributed by atoms with Crippen LogP contribution in [-0.4, -0.2) is 60.3 Å². The summed E-state index contributed by atoms with van der Waals surface area (Å²) in [5.74, 6) is -1.39. The van der Waals surface area contributed by atoms with Gasteiger partial charge < -0.3 is 19.7 Å². The zero-order valence-electron chi connectivity index (χ0n) is 26.2.